The summed E-state index contributed by atoms with van der Waals surface area (Å²) in [4.78, 5) is 0. The van der Waals surface area contributed by atoms with Crippen molar-refractivity contribution in [3.8, 4) is 0 Å². The first-order valence-corrected chi connectivity index (χ1v) is 13.2. The van der Waals surface area contributed by atoms with E-state index in [9.17, 15) is 0 Å². The van der Waals surface area contributed by atoms with Crippen LogP contribution < -0.4 is 0 Å². The zero-order valence-electron chi connectivity index (χ0n) is 4.99. The van der Waals surface area contributed by atoms with Gasteiger partial charge in [0.2, 0.25) is 0 Å². The lowest BCUT2D eigenvalue weighted by molar-refractivity contribution is 1.66. The first kappa shape index (κ1) is 8.62. The van der Waals surface area contributed by atoms with Crippen molar-refractivity contribution < 1.29 is 0 Å². The molecule has 0 aromatic heterocycles. The van der Waals surface area contributed by atoms with Crippen LogP contribution in [0, 0.1) is 0 Å². The van der Waals surface area contributed by atoms with Gasteiger partial charge in [0, 0.05) is 0 Å². The quantitative estimate of drug-likeness (QED) is 0.441. The Kier molecular flexibility index (Phi) is 3.62. The fourth-order valence-corrected chi connectivity index (χ4v) is 29.4. The first-order chi connectivity index (χ1) is 4.18. The fourth-order valence-electron chi connectivity index (χ4n) is 1.12. The molecule has 54 valence electrons. The highest BCUT2D eigenvalue weighted by Gasteiger charge is 2.28. The minimum Gasteiger partial charge on any atom is -0.172 e. The third-order valence-corrected chi connectivity index (χ3v) is 23.4. The van der Waals surface area contributed by atoms with E-state index in [0.29, 0.717) is 0 Å². The van der Waals surface area contributed by atoms with Crippen molar-refractivity contribution in [3.63, 3.8) is 0 Å². The largest absolute Gasteiger partial charge is 0.172 e. The van der Waals surface area contributed by atoms with E-state index in [1.807, 2.05) is 0 Å². The van der Waals surface area contributed by atoms with Gasteiger partial charge in [-0.2, -0.15) is 33.2 Å². The summed E-state index contributed by atoms with van der Waals surface area (Å²) in [7, 11) is -2.64. The van der Waals surface area contributed by atoms with E-state index in [-0.39, 0.29) is 0 Å². The van der Waals surface area contributed by atoms with Crippen LogP contribution in [-0.4, -0.2) is 24.3 Å². The lowest BCUT2D eigenvalue weighted by atomic mass is 11.8. The van der Waals surface area contributed by atoms with Gasteiger partial charge < -0.3 is 0 Å². The average Bonchev–Trinajstić information content (AvgIpc) is 1.59. The standard InChI is InChI=1S/C3H9Cl3Si3/c4-7-1-8(5)3-9(6)2-7/h7-9H,1-3H2. The molecule has 9 heavy (non-hydrogen) atoms. The maximum Gasteiger partial charge on any atom is 0.137 e. The number of hydrogen-bond donors (Lipinski definition) is 0. The summed E-state index contributed by atoms with van der Waals surface area (Å²) in [6.07, 6.45) is 0. The van der Waals surface area contributed by atoms with Gasteiger partial charge in [0.05, 0.1) is 0 Å². The molecule has 0 radical (unpaired) electrons. The second-order valence-electron chi connectivity index (χ2n) is 2.50. The van der Waals surface area contributed by atoms with E-state index in [4.69, 9.17) is 33.2 Å². The highest BCUT2D eigenvalue weighted by molar-refractivity contribution is 7.31. The maximum atomic E-state index is 6.05. The molecule has 0 atom stereocenters. The fraction of sp³-hybridized carbons (Fsp3) is 1.00. The van der Waals surface area contributed by atoms with Crippen LogP contribution in [0.5, 0.6) is 0 Å². The van der Waals surface area contributed by atoms with Crippen molar-refractivity contribution in [1.82, 2.24) is 0 Å². The molecule has 1 fully saturated rings. The predicted octanol–water partition coefficient (Wildman–Crippen LogP) is 1.51. The first-order valence-electron chi connectivity index (χ1n) is 3.10. The van der Waals surface area contributed by atoms with Gasteiger partial charge in [-0.05, 0) is 17.0 Å². The third kappa shape index (κ3) is 2.95. The summed E-state index contributed by atoms with van der Waals surface area (Å²) >= 11 is 18.1. The lowest BCUT2D eigenvalue weighted by Gasteiger charge is -2.20. The second kappa shape index (κ2) is 3.78. The van der Waals surface area contributed by atoms with Gasteiger partial charge in [-0.15, -0.1) is 0 Å². The van der Waals surface area contributed by atoms with Crippen LogP contribution in [0.1, 0.15) is 0 Å². The molecule has 0 aliphatic carbocycles. The van der Waals surface area contributed by atoms with E-state index in [1.54, 1.807) is 0 Å². The van der Waals surface area contributed by atoms with Gasteiger partial charge in [-0.25, -0.2) is 0 Å². The van der Waals surface area contributed by atoms with Crippen LogP contribution in [0.3, 0.4) is 0 Å². The molecule has 0 bridgehead atoms. The molecule has 1 rings (SSSR count). The third-order valence-electron chi connectivity index (χ3n) is 1.53. The second-order valence-corrected chi connectivity index (χ2v) is 17.3. The monoisotopic (exact) mass is 234 g/mol. The molecule has 0 spiro atoms. The van der Waals surface area contributed by atoms with Gasteiger partial charge in [0.1, 0.15) is 24.3 Å². The van der Waals surface area contributed by atoms with Gasteiger partial charge in [-0.1, -0.05) is 0 Å². The normalized spacial score (nSPS) is 45.0. The topological polar surface area (TPSA) is 0 Å². The van der Waals surface area contributed by atoms with Crippen molar-refractivity contribution in [1.29, 1.82) is 0 Å². The molecule has 0 nitrogen and oxygen atoms in total. The Hall–Kier alpha value is 1.52. The van der Waals surface area contributed by atoms with Gasteiger partial charge >= 0.3 is 0 Å². The average molecular weight is 236 g/mol. The van der Waals surface area contributed by atoms with Gasteiger partial charge in [-0.3, -0.25) is 0 Å². The molecule has 1 aliphatic heterocycles. The van der Waals surface area contributed by atoms with Crippen molar-refractivity contribution >= 4 is 57.6 Å². The smallest absolute Gasteiger partial charge is 0.137 e. The molecule has 1 aliphatic rings. The molecule has 1 saturated heterocycles. The van der Waals surface area contributed by atoms with Crippen molar-refractivity contribution in [3.05, 3.63) is 0 Å². The van der Waals surface area contributed by atoms with E-state index >= 15 is 0 Å². The van der Waals surface area contributed by atoms with Crippen molar-refractivity contribution in [2.45, 2.75) is 17.0 Å². The van der Waals surface area contributed by atoms with E-state index in [1.165, 1.54) is 17.0 Å². The van der Waals surface area contributed by atoms with Crippen LogP contribution in [0.15, 0.2) is 0 Å². The minimum absolute atomic E-state index is 0.878. The Morgan fingerprint density at radius 2 is 0.889 bits per heavy atom. The molecule has 0 aromatic carbocycles. The summed E-state index contributed by atoms with van der Waals surface area (Å²) in [6.45, 7) is 0. The van der Waals surface area contributed by atoms with Crippen LogP contribution >= 0.6 is 33.2 Å². The predicted molar refractivity (Wildman–Crippen MR) is 53.4 cm³/mol. The SMILES string of the molecule is Cl[SiH]1C[SiH](Cl)C[SiH](Cl)C1. The van der Waals surface area contributed by atoms with E-state index < -0.39 is 24.3 Å². The van der Waals surface area contributed by atoms with Gasteiger partial charge in [0.15, 0.2) is 0 Å². The Morgan fingerprint density at radius 1 is 0.667 bits per heavy atom. The highest BCUT2D eigenvalue weighted by Crippen LogP contribution is 2.25. The summed E-state index contributed by atoms with van der Waals surface area (Å²) < 4.78 is 0. The Balaban J connectivity index is 2.34. The summed E-state index contributed by atoms with van der Waals surface area (Å²) in [5.41, 5.74) is 3.66. The van der Waals surface area contributed by atoms with Crippen LogP contribution in [0.4, 0.5) is 0 Å². The molecule has 0 amide bonds. The zero-order chi connectivity index (χ0) is 6.85. The Bertz CT molecular complexity index is 75.3. The number of halogens is 3. The highest BCUT2D eigenvalue weighted by atomic mass is 35.6. The summed E-state index contributed by atoms with van der Waals surface area (Å²) in [5.74, 6) is 0. The molecule has 0 N–H and O–H groups in total. The van der Waals surface area contributed by atoms with E-state index in [0.717, 1.165) is 0 Å². The minimum atomic E-state index is -0.878. The summed E-state index contributed by atoms with van der Waals surface area (Å²) in [5, 5.41) is 0. The van der Waals surface area contributed by atoms with Crippen molar-refractivity contribution in [2.24, 2.45) is 0 Å². The molecule has 1 heterocycles. The van der Waals surface area contributed by atoms with Crippen LogP contribution in [0.25, 0.3) is 0 Å². The lowest BCUT2D eigenvalue weighted by Crippen LogP contribution is -2.30. The molecule has 0 unspecified atom stereocenters. The maximum absolute atomic E-state index is 6.05. The molecular formula is C3H9Cl3Si3. The molecule has 6 heteroatoms. The van der Waals surface area contributed by atoms with E-state index in [2.05, 4.69) is 0 Å². The molecule has 0 saturated carbocycles. The zero-order valence-corrected chi connectivity index (χ0v) is 10.7. The Morgan fingerprint density at radius 3 is 1.11 bits per heavy atom. The van der Waals surface area contributed by atoms with Crippen LogP contribution in [0.2, 0.25) is 17.0 Å². The number of rotatable bonds is 0. The Labute approximate surface area is 74.4 Å². The number of hydrogen-bond acceptors (Lipinski definition) is 0. The molecular weight excluding hydrogens is 227 g/mol. The van der Waals surface area contributed by atoms with Crippen molar-refractivity contribution in [2.75, 3.05) is 0 Å². The van der Waals surface area contributed by atoms with Crippen LogP contribution in [-0.2, 0) is 0 Å². The van der Waals surface area contributed by atoms with Gasteiger partial charge in [0.25, 0.3) is 0 Å². The summed E-state index contributed by atoms with van der Waals surface area (Å²) in [6, 6.07) is 0. The molecule has 0 aromatic rings.